The van der Waals surface area contributed by atoms with Gasteiger partial charge in [0.1, 0.15) is 0 Å². The molecule has 2 heteroatoms. The van der Waals surface area contributed by atoms with Crippen molar-refractivity contribution in [1.29, 1.82) is 0 Å². The van der Waals surface area contributed by atoms with E-state index in [1.165, 1.54) is 16.2 Å². The second-order valence-corrected chi connectivity index (χ2v) is 6.08. The Bertz CT molecular complexity index is 1150. The molecule has 4 aromatic rings. The fourth-order valence-electron chi connectivity index (χ4n) is 3.30. The van der Waals surface area contributed by atoms with Crippen molar-refractivity contribution in [2.45, 2.75) is 0 Å². The summed E-state index contributed by atoms with van der Waals surface area (Å²) < 4.78 is 0. The summed E-state index contributed by atoms with van der Waals surface area (Å²) in [7, 11) is 0. The zero-order chi connectivity index (χ0) is 16.8. The van der Waals surface area contributed by atoms with Gasteiger partial charge < -0.3 is 11.5 Å². The lowest BCUT2D eigenvalue weighted by Crippen LogP contribution is -1.95. The molecule has 0 atom stereocenters. The highest BCUT2D eigenvalue weighted by molar-refractivity contribution is 6.09. The first-order valence-corrected chi connectivity index (χ1v) is 7.85. The average molecular weight is 310 g/mol. The molecule has 24 heavy (non-hydrogen) atoms. The molecular formula is C22H18N2. The number of fused-ring (bicyclic) bond motifs is 3. The topological polar surface area (TPSA) is 52.0 Å². The highest BCUT2D eigenvalue weighted by Crippen LogP contribution is 2.33. The van der Waals surface area contributed by atoms with E-state index in [1.807, 2.05) is 24.3 Å². The van der Waals surface area contributed by atoms with Gasteiger partial charge in [0.15, 0.2) is 0 Å². The van der Waals surface area contributed by atoms with Crippen molar-refractivity contribution >= 4 is 55.8 Å². The summed E-state index contributed by atoms with van der Waals surface area (Å²) in [6.07, 6.45) is 3.73. The van der Waals surface area contributed by atoms with Crippen LogP contribution < -0.4 is 11.5 Å². The molecule has 0 spiro atoms. The van der Waals surface area contributed by atoms with Gasteiger partial charge in [-0.1, -0.05) is 31.4 Å². The molecule has 0 heterocycles. The first-order chi connectivity index (χ1) is 11.6. The Morgan fingerprint density at radius 1 is 0.625 bits per heavy atom. The van der Waals surface area contributed by atoms with Crippen LogP contribution in [-0.4, -0.2) is 0 Å². The van der Waals surface area contributed by atoms with Gasteiger partial charge in [-0.2, -0.15) is 0 Å². The van der Waals surface area contributed by atoms with Crippen molar-refractivity contribution in [3.8, 4) is 0 Å². The van der Waals surface area contributed by atoms with E-state index in [9.17, 15) is 0 Å². The Hall–Kier alpha value is -3.26. The Kier molecular flexibility index (Phi) is 3.07. The van der Waals surface area contributed by atoms with E-state index in [-0.39, 0.29) is 0 Å². The van der Waals surface area contributed by atoms with Gasteiger partial charge >= 0.3 is 0 Å². The Morgan fingerprint density at radius 3 is 1.71 bits per heavy atom. The number of hydrogen-bond acceptors (Lipinski definition) is 2. The van der Waals surface area contributed by atoms with Gasteiger partial charge in [-0.3, -0.25) is 0 Å². The molecule has 4 rings (SSSR count). The second-order valence-electron chi connectivity index (χ2n) is 6.08. The third kappa shape index (κ3) is 2.04. The second kappa shape index (κ2) is 5.14. The molecular weight excluding hydrogens is 292 g/mol. The van der Waals surface area contributed by atoms with E-state index >= 15 is 0 Å². The number of rotatable bonds is 2. The molecule has 0 saturated heterocycles. The predicted molar refractivity (Wildman–Crippen MR) is 108 cm³/mol. The number of hydrogen-bond donors (Lipinski definition) is 2. The summed E-state index contributed by atoms with van der Waals surface area (Å²) in [5.74, 6) is 0. The van der Waals surface area contributed by atoms with Crippen LogP contribution >= 0.6 is 0 Å². The van der Waals surface area contributed by atoms with Crippen molar-refractivity contribution in [1.82, 2.24) is 0 Å². The van der Waals surface area contributed by atoms with Crippen LogP contribution in [0.4, 0.5) is 11.4 Å². The minimum absolute atomic E-state index is 0.618. The molecule has 0 bridgehead atoms. The van der Waals surface area contributed by atoms with Crippen LogP contribution in [-0.2, 0) is 0 Å². The quantitative estimate of drug-likeness (QED) is 0.374. The minimum atomic E-state index is 0.618. The van der Waals surface area contributed by atoms with E-state index in [4.69, 9.17) is 11.5 Å². The van der Waals surface area contributed by atoms with Gasteiger partial charge in [-0.15, -0.1) is 0 Å². The van der Waals surface area contributed by atoms with E-state index < -0.39 is 0 Å². The monoisotopic (exact) mass is 310 g/mol. The Labute approximate surface area is 140 Å². The molecule has 0 amide bonds. The average Bonchev–Trinajstić information content (AvgIpc) is 2.60. The van der Waals surface area contributed by atoms with Gasteiger partial charge in [0.2, 0.25) is 0 Å². The molecule has 0 saturated carbocycles. The van der Waals surface area contributed by atoms with Crippen molar-refractivity contribution < 1.29 is 0 Å². The standard InChI is InChI=1S/C22H18N2/c1-3-13-7-16-10-18-9-15-5-6-21(23)22(24)20(15)12-19(18)11-17(16)8-14(13)4-2/h3-12H,1-2,23-24H2. The zero-order valence-corrected chi connectivity index (χ0v) is 13.3. The Balaban J connectivity index is 2.11. The summed E-state index contributed by atoms with van der Waals surface area (Å²) in [6.45, 7) is 7.79. The summed E-state index contributed by atoms with van der Waals surface area (Å²) >= 11 is 0. The summed E-state index contributed by atoms with van der Waals surface area (Å²) in [4.78, 5) is 0. The molecule has 116 valence electrons. The van der Waals surface area contributed by atoms with Gasteiger partial charge in [0.25, 0.3) is 0 Å². The SMILES string of the molecule is C=Cc1cc2cc3cc4ccc(N)c(N)c4cc3cc2cc1C=C. The summed E-state index contributed by atoms with van der Waals surface area (Å²) in [5.41, 5.74) is 15.5. The fraction of sp³-hybridized carbons (Fsp3) is 0. The molecule has 0 aromatic heterocycles. The van der Waals surface area contributed by atoms with Crippen LogP contribution in [0.15, 0.2) is 61.7 Å². The normalized spacial score (nSPS) is 11.2. The lowest BCUT2D eigenvalue weighted by molar-refractivity contribution is 1.68. The Morgan fingerprint density at radius 2 is 1.12 bits per heavy atom. The third-order valence-electron chi connectivity index (χ3n) is 4.65. The third-order valence-corrected chi connectivity index (χ3v) is 4.65. The van der Waals surface area contributed by atoms with Crippen LogP contribution in [0.3, 0.4) is 0 Å². The van der Waals surface area contributed by atoms with E-state index in [0.717, 1.165) is 27.3 Å². The van der Waals surface area contributed by atoms with E-state index in [1.54, 1.807) is 0 Å². The highest BCUT2D eigenvalue weighted by Gasteiger charge is 2.07. The van der Waals surface area contributed by atoms with Gasteiger partial charge in [-0.05, 0) is 80.5 Å². The molecule has 2 nitrogen and oxygen atoms in total. The van der Waals surface area contributed by atoms with Gasteiger partial charge in [0, 0.05) is 5.39 Å². The lowest BCUT2D eigenvalue weighted by Gasteiger charge is -2.10. The molecule has 4 N–H and O–H groups in total. The molecule has 0 aliphatic rings. The van der Waals surface area contributed by atoms with Crippen LogP contribution in [0.25, 0.3) is 44.5 Å². The van der Waals surface area contributed by atoms with Crippen LogP contribution in [0.5, 0.6) is 0 Å². The van der Waals surface area contributed by atoms with Crippen molar-refractivity contribution in [2.75, 3.05) is 11.5 Å². The van der Waals surface area contributed by atoms with Crippen molar-refractivity contribution in [3.63, 3.8) is 0 Å². The molecule has 0 aliphatic heterocycles. The van der Waals surface area contributed by atoms with Crippen LogP contribution in [0.1, 0.15) is 11.1 Å². The van der Waals surface area contributed by atoms with Crippen LogP contribution in [0.2, 0.25) is 0 Å². The first-order valence-electron chi connectivity index (χ1n) is 7.85. The molecule has 0 aliphatic carbocycles. The van der Waals surface area contributed by atoms with Crippen molar-refractivity contribution in [3.05, 3.63) is 72.8 Å². The smallest absolute Gasteiger partial charge is 0.0627 e. The van der Waals surface area contributed by atoms with E-state index in [2.05, 4.69) is 49.6 Å². The number of anilines is 2. The highest BCUT2D eigenvalue weighted by atomic mass is 14.7. The maximum atomic E-state index is 6.16. The predicted octanol–water partition coefficient (Wildman–Crippen LogP) is 5.60. The fourth-order valence-corrected chi connectivity index (χ4v) is 3.30. The maximum absolute atomic E-state index is 6.16. The molecule has 4 aromatic carbocycles. The van der Waals surface area contributed by atoms with Crippen LogP contribution in [0, 0.1) is 0 Å². The molecule has 0 radical (unpaired) electrons. The zero-order valence-electron chi connectivity index (χ0n) is 13.3. The van der Waals surface area contributed by atoms with Gasteiger partial charge in [0.05, 0.1) is 11.4 Å². The van der Waals surface area contributed by atoms with E-state index in [0.29, 0.717) is 11.4 Å². The molecule has 0 unspecified atom stereocenters. The summed E-state index contributed by atoms with van der Waals surface area (Å²) in [5, 5.41) is 6.78. The van der Waals surface area contributed by atoms with Crippen molar-refractivity contribution in [2.24, 2.45) is 0 Å². The number of nitrogens with two attached hydrogens (primary N) is 2. The summed E-state index contributed by atoms with van der Waals surface area (Å²) in [6, 6.07) is 16.8. The first kappa shape index (κ1) is 14.3. The number of benzene rings is 4. The van der Waals surface area contributed by atoms with Gasteiger partial charge in [-0.25, -0.2) is 0 Å². The largest absolute Gasteiger partial charge is 0.397 e. The molecule has 0 fully saturated rings. The lowest BCUT2D eigenvalue weighted by atomic mass is 9.95. The number of nitrogen functional groups attached to an aromatic ring is 2. The minimum Gasteiger partial charge on any atom is -0.397 e. The maximum Gasteiger partial charge on any atom is 0.0627 e.